The SMILES string of the molecule is NCc1cc(Cl)c(C(F)F)c(Br)n1. The first-order chi connectivity index (χ1) is 6.06. The maximum absolute atomic E-state index is 12.3. The fraction of sp³-hybridized carbons (Fsp3) is 0.286. The maximum Gasteiger partial charge on any atom is 0.267 e. The Kier molecular flexibility index (Phi) is 3.58. The molecule has 0 bridgehead atoms. The summed E-state index contributed by atoms with van der Waals surface area (Å²) >= 11 is 8.51. The van der Waals surface area contributed by atoms with Gasteiger partial charge in [0, 0.05) is 6.54 Å². The van der Waals surface area contributed by atoms with Gasteiger partial charge in [-0.15, -0.1) is 0 Å². The normalized spacial score (nSPS) is 10.9. The van der Waals surface area contributed by atoms with Gasteiger partial charge in [-0.25, -0.2) is 13.8 Å². The van der Waals surface area contributed by atoms with E-state index in [0.29, 0.717) is 5.69 Å². The van der Waals surface area contributed by atoms with Gasteiger partial charge in [-0.3, -0.25) is 0 Å². The van der Waals surface area contributed by atoms with Crippen molar-refractivity contribution in [3.8, 4) is 0 Å². The van der Waals surface area contributed by atoms with E-state index in [0.717, 1.165) is 0 Å². The standard InChI is InChI=1S/C7H6BrClF2N2/c8-6-5(7(10)11)4(9)1-3(2-12)13-6/h1,7H,2,12H2. The molecule has 0 saturated heterocycles. The van der Waals surface area contributed by atoms with E-state index in [4.69, 9.17) is 17.3 Å². The zero-order chi connectivity index (χ0) is 10.0. The molecule has 72 valence electrons. The Morgan fingerprint density at radius 2 is 2.23 bits per heavy atom. The fourth-order valence-corrected chi connectivity index (χ4v) is 1.87. The van der Waals surface area contributed by atoms with Crippen LogP contribution in [0.3, 0.4) is 0 Å². The smallest absolute Gasteiger partial charge is 0.267 e. The number of aromatic nitrogens is 1. The third-order valence-electron chi connectivity index (χ3n) is 1.44. The van der Waals surface area contributed by atoms with E-state index in [9.17, 15) is 8.78 Å². The van der Waals surface area contributed by atoms with Gasteiger partial charge in [0.05, 0.1) is 16.3 Å². The highest BCUT2D eigenvalue weighted by Crippen LogP contribution is 2.32. The first-order valence-electron chi connectivity index (χ1n) is 3.39. The van der Waals surface area contributed by atoms with Crippen LogP contribution in [0.4, 0.5) is 8.78 Å². The van der Waals surface area contributed by atoms with Gasteiger partial charge in [0.25, 0.3) is 6.43 Å². The molecule has 13 heavy (non-hydrogen) atoms. The molecule has 0 unspecified atom stereocenters. The van der Waals surface area contributed by atoms with E-state index in [2.05, 4.69) is 20.9 Å². The molecule has 0 aromatic carbocycles. The predicted molar refractivity (Wildman–Crippen MR) is 49.8 cm³/mol. The first kappa shape index (κ1) is 10.8. The van der Waals surface area contributed by atoms with E-state index in [1.165, 1.54) is 6.07 Å². The summed E-state index contributed by atoms with van der Waals surface area (Å²) in [6, 6.07) is 1.34. The Balaban J connectivity index is 3.23. The highest BCUT2D eigenvalue weighted by atomic mass is 79.9. The number of nitrogens with two attached hydrogens (primary N) is 1. The molecule has 0 saturated carbocycles. The van der Waals surface area contributed by atoms with Crippen molar-refractivity contribution in [1.29, 1.82) is 0 Å². The van der Waals surface area contributed by atoms with Crippen LogP contribution < -0.4 is 5.73 Å². The summed E-state index contributed by atoms with van der Waals surface area (Å²) in [5, 5.41) is -0.0164. The molecule has 0 fully saturated rings. The van der Waals surface area contributed by atoms with Crippen LogP contribution in [0.2, 0.25) is 5.02 Å². The summed E-state index contributed by atoms with van der Waals surface area (Å²) in [5.74, 6) is 0. The van der Waals surface area contributed by atoms with E-state index >= 15 is 0 Å². The van der Waals surface area contributed by atoms with Crippen LogP contribution in [0.15, 0.2) is 10.7 Å². The predicted octanol–water partition coefficient (Wildman–Crippen LogP) is 2.89. The second kappa shape index (κ2) is 4.30. The number of hydrogen-bond donors (Lipinski definition) is 1. The van der Waals surface area contributed by atoms with E-state index in [1.54, 1.807) is 0 Å². The largest absolute Gasteiger partial charge is 0.325 e. The zero-order valence-corrected chi connectivity index (χ0v) is 8.74. The van der Waals surface area contributed by atoms with Gasteiger partial charge < -0.3 is 5.73 Å². The van der Waals surface area contributed by atoms with Crippen LogP contribution in [0.25, 0.3) is 0 Å². The molecule has 1 aromatic rings. The molecule has 2 nitrogen and oxygen atoms in total. The van der Waals surface area contributed by atoms with E-state index < -0.39 is 6.43 Å². The molecule has 0 amide bonds. The number of alkyl halides is 2. The van der Waals surface area contributed by atoms with Crippen LogP contribution in [0.1, 0.15) is 17.7 Å². The average Bonchev–Trinajstić information content (AvgIpc) is 2.02. The average molecular weight is 271 g/mol. The van der Waals surface area contributed by atoms with Crippen molar-refractivity contribution in [3.05, 3.63) is 26.9 Å². The topological polar surface area (TPSA) is 38.9 Å². The minimum atomic E-state index is -2.64. The molecular formula is C7H6BrClF2N2. The monoisotopic (exact) mass is 270 g/mol. The Labute approximate surface area is 87.2 Å². The molecule has 6 heteroatoms. The van der Waals surface area contributed by atoms with Crippen molar-refractivity contribution in [2.75, 3.05) is 0 Å². The van der Waals surface area contributed by atoms with Crippen molar-refractivity contribution < 1.29 is 8.78 Å². The number of hydrogen-bond acceptors (Lipinski definition) is 2. The maximum atomic E-state index is 12.3. The van der Waals surface area contributed by atoms with Gasteiger partial charge >= 0.3 is 0 Å². The van der Waals surface area contributed by atoms with Gasteiger partial charge in [-0.05, 0) is 22.0 Å². The second-order valence-electron chi connectivity index (χ2n) is 2.30. The molecule has 0 radical (unpaired) electrons. The molecule has 1 rings (SSSR count). The minimum absolute atomic E-state index is 0.0164. The quantitative estimate of drug-likeness (QED) is 0.840. The van der Waals surface area contributed by atoms with E-state index in [-0.39, 0.29) is 21.7 Å². The first-order valence-corrected chi connectivity index (χ1v) is 4.56. The molecular weight excluding hydrogens is 265 g/mol. The van der Waals surface area contributed by atoms with Gasteiger partial charge in [0.2, 0.25) is 0 Å². The van der Waals surface area contributed by atoms with Gasteiger partial charge in [-0.1, -0.05) is 11.6 Å². The molecule has 0 atom stereocenters. The summed E-state index contributed by atoms with van der Waals surface area (Å²) in [4.78, 5) is 3.80. The van der Waals surface area contributed by atoms with E-state index in [1.807, 2.05) is 0 Å². The Hall–Kier alpha value is -0.260. The Bertz CT molecular complexity index is 296. The van der Waals surface area contributed by atoms with Gasteiger partial charge in [0.15, 0.2) is 0 Å². The lowest BCUT2D eigenvalue weighted by molar-refractivity contribution is 0.150. The lowest BCUT2D eigenvalue weighted by Crippen LogP contribution is -2.02. The van der Waals surface area contributed by atoms with Crippen LogP contribution in [-0.4, -0.2) is 4.98 Å². The van der Waals surface area contributed by atoms with Crippen molar-refractivity contribution in [3.63, 3.8) is 0 Å². The number of rotatable bonds is 2. The molecule has 0 aliphatic heterocycles. The molecule has 0 aliphatic rings. The summed E-state index contributed by atoms with van der Waals surface area (Å²) in [7, 11) is 0. The van der Waals surface area contributed by atoms with Crippen LogP contribution >= 0.6 is 27.5 Å². The van der Waals surface area contributed by atoms with Crippen molar-refractivity contribution in [2.45, 2.75) is 13.0 Å². The molecule has 0 spiro atoms. The molecule has 1 aromatic heterocycles. The number of pyridine rings is 1. The van der Waals surface area contributed by atoms with Crippen LogP contribution in [0, 0.1) is 0 Å². The van der Waals surface area contributed by atoms with Crippen molar-refractivity contribution in [1.82, 2.24) is 4.98 Å². The lowest BCUT2D eigenvalue weighted by Gasteiger charge is -2.06. The van der Waals surface area contributed by atoms with Gasteiger partial charge in [0.1, 0.15) is 4.60 Å². The molecule has 0 aliphatic carbocycles. The fourth-order valence-electron chi connectivity index (χ4n) is 0.840. The highest BCUT2D eigenvalue weighted by molar-refractivity contribution is 9.10. The minimum Gasteiger partial charge on any atom is -0.325 e. The second-order valence-corrected chi connectivity index (χ2v) is 3.46. The number of nitrogens with zero attached hydrogens (tertiary/aromatic N) is 1. The van der Waals surface area contributed by atoms with Gasteiger partial charge in [-0.2, -0.15) is 0 Å². The Morgan fingerprint density at radius 3 is 2.62 bits per heavy atom. The summed E-state index contributed by atoms with van der Waals surface area (Å²) in [6.07, 6.45) is -2.64. The van der Waals surface area contributed by atoms with Crippen molar-refractivity contribution in [2.24, 2.45) is 5.73 Å². The summed E-state index contributed by atoms with van der Waals surface area (Å²) in [5.41, 5.74) is 5.46. The Morgan fingerprint density at radius 1 is 1.62 bits per heavy atom. The number of halogens is 4. The summed E-state index contributed by atoms with van der Waals surface area (Å²) < 4.78 is 24.7. The zero-order valence-electron chi connectivity index (χ0n) is 6.40. The van der Waals surface area contributed by atoms with Crippen molar-refractivity contribution >= 4 is 27.5 Å². The molecule has 1 heterocycles. The molecule has 2 N–H and O–H groups in total. The highest BCUT2D eigenvalue weighted by Gasteiger charge is 2.17. The third kappa shape index (κ3) is 2.36. The lowest BCUT2D eigenvalue weighted by atomic mass is 10.2. The van der Waals surface area contributed by atoms with Crippen LogP contribution in [0.5, 0.6) is 0 Å². The summed E-state index contributed by atoms with van der Waals surface area (Å²) in [6.45, 7) is 0.168. The third-order valence-corrected chi connectivity index (χ3v) is 2.36. The van der Waals surface area contributed by atoms with Crippen LogP contribution in [-0.2, 0) is 6.54 Å².